The van der Waals surface area contributed by atoms with Gasteiger partial charge in [-0.2, -0.15) is 0 Å². The second-order valence-corrected chi connectivity index (χ2v) is 5.89. The molecular formula is C10H15NO3S2. The van der Waals surface area contributed by atoms with E-state index >= 15 is 0 Å². The van der Waals surface area contributed by atoms with Gasteiger partial charge in [-0.1, -0.05) is 19.1 Å². The van der Waals surface area contributed by atoms with Crippen LogP contribution < -0.4 is 4.72 Å². The van der Waals surface area contributed by atoms with Crippen LogP contribution in [0.25, 0.3) is 0 Å². The predicted octanol–water partition coefficient (Wildman–Crippen LogP) is 1.07. The number of benzene rings is 1. The Morgan fingerprint density at radius 1 is 1.38 bits per heavy atom. The maximum absolute atomic E-state index is 11.8. The number of thioether (sulfide) groups is 1. The number of hydrogen-bond acceptors (Lipinski definition) is 4. The minimum Gasteiger partial charge on any atom is -0.396 e. The van der Waals surface area contributed by atoms with Crippen molar-refractivity contribution in [2.75, 3.05) is 18.9 Å². The Balaban J connectivity index is 3.03. The topological polar surface area (TPSA) is 66.4 Å². The molecule has 0 aliphatic heterocycles. The lowest BCUT2D eigenvalue weighted by Crippen LogP contribution is -2.23. The van der Waals surface area contributed by atoms with Gasteiger partial charge in [0.1, 0.15) is 0 Å². The van der Waals surface area contributed by atoms with Crippen molar-refractivity contribution in [2.45, 2.75) is 16.7 Å². The van der Waals surface area contributed by atoms with Crippen LogP contribution in [-0.4, -0.2) is 32.4 Å². The maximum Gasteiger partial charge on any atom is 0.241 e. The van der Waals surface area contributed by atoms with Crippen LogP contribution in [-0.2, 0) is 10.0 Å². The molecule has 0 spiro atoms. The Morgan fingerprint density at radius 2 is 2.06 bits per heavy atom. The Kier molecular flexibility index (Phi) is 5.27. The van der Waals surface area contributed by atoms with Gasteiger partial charge in [0, 0.05) is 17.2 Å². The molecule has 1 aromatic carbocycles. The Bertz CT molecular complexity index is 431. The lowest BCUT2D eigenvalue weighted by atomic mass is 10.4. The van der Waals surface area contributed by atoms with Crippen LogP contribution in [0.4, 0.5) is 0 Å². The summed E-state index contributed by atoms with van der Waals surface area (Å²) >= 11 is 1.33. The number of aliphatic hydroxyl groups is 1. The molecule has 2 N–H and O–H groups in total. The molecule has 0 amide bonds. The molecule has 0 saturated heterocycles. The van der Waals surface area contributed by atoms with Crippen molar-refractivity contribution < 1.29 is 13.5 Å². The van der Waals surface area contributed by atoms with E-state index in [2.05, 4.69) is 4.72 Å². The molecule has 4 nitrogen and oxygen atoms in total. The van der Waals surface area contributed by atoms with E-state index in [1.807, 2.05) is 0 Å². The van der Waals surface area contributed by atoms with Gasteiger partial charge in [0.05, 0.1) is 11.5 Å². The van der Waals surface area contributed by atoms with Gasteiger partial charge in [-0.3, -0.25) is 0 Å². The van der Waals surface area contributed by atoms with Gasteiger partial charge in [0.2, 0.25) is 10.0 Å². The molecule has 16 heavy (non-hydrogen) atoms. The summed E-state index contributed by atoms with van der Waals surface area (Å²) in [7, 11) is -3.42. The van der Waals surface area contributed by atoms with Gasteiger partial charge in [-0.05, 0) is 12.1 Å². The summed E-state index contributed by atoms with van der Waals surface area (Å²) in [5, 5.41) is 8.74. The van der Waals surface area contributed by atoms with E-state index in [4.69, 9.17) is 5.11 Å². The first-order chi connectivity index (χ1) is 7.61. The standard InChI is InChI=1S/C10H15NO3S2/c1-2-11-16(13,14)10-6-4-3-5-9(10)15-8-7-12/h3-6,11-12H,2,7-8H2,1H3. The van der Waals surface area contributed by atoms with Crippen molar-refractivity contribution >= 4 is 21.8 Å². The highest BCUT2D eigenvalue weighted by molar-refractivity contribution is 8.00. The predicted molar refractivity (Wildman–Crippen MR) is 65.1 cm³/mol. The van der Waals surface area contributed by atoms with Crippen molar-refractivity contribution in [1.29, 1.82) is 0 Å². The Hall–Kier alpha value is -0.560. The third kappa shape index (κ3) is 3.48. The van der Waals surface area contributed by atoms with Gasteiger partial charge in [-0.15, -0.1) is 11.8 Å². The molecule has 1 rings (SSSR count). The number of aliphatic hydroxyl groups excluding tert-OH is 1. The molecule has 0 unspecified atom stereocenters. The summed E-state index contributed by atoms with van der Waals surface area (Å²) in [5.74, 6) is 0.485. The average Bonchev–Trinajstić information content (AvgIpc) is 2.26. The van der Waals surface area contributed by atoms with Crippen molar-refractivity contribution in [3.63, 3.8) is 0 Å². The fourth-order valence-electron chi connectivity index (χ4n) is 1.21. The number of hydrogen-bond donors (Lipinski definition) is 2. The van der Waals surface area contributed by atoms with Crippen molar-refractivity contribution in [2.24, 2.45) is 0 Å². The summed E-state index contributed by atoms with van der Waals surface area (Å²) in [5.41, 5.74) is 0. The van der Waals surface area contributed by atoms with Crippen molar-refractivity contribution in [3.05, 3.63) is 24.3 Å². The van der Waals surface area contributed by atoms with E-state index < -0.39 is 10.0 Å². The highest BCUT2D eigenvalue weighted by Crippen LogP contribution is 2.25. The summed E-state index contributed by atoms with van der Waals surface area (Å²) in [4.78, 5) is 0.938. The van der Waals surface area contributed by atoms with Gasteiger partial charge >= 0.3 is 0 Å². The van der Waals surface area contributed by atoms with Crippen LogP contribution in [0.1, 0.15) is 6.92 Å². The smallest absolute Gasteiger partial charge is 0.241 e. The molecule has 90 valence electrons. The van der Waals surface area contributed by atoms with Crippen LogP contribution in [0.15, 0.2) is 34.1 Å². The molecule has 1 aromatic rings. The monoisotopic (exact) mass is 261 g/mol. The largest absolute Gasteiger partial charge is 0.396 e. The van der Waals surface area contributed by atoms with E-state index in [0.29, 0.717) is 17.2 Å². The van der Waals surface area contributed by atoms with Crippen molar-refractivity contribution in [1.82, 2.24) is 4.72 Å². The zero-order valence-corrected chi connectivity index (χ0v) is 10.6. The molecule has 0 heterocycles. The fourth-order valence-corrected chi connectivity index (χ4v) is 3.54. The number of rotatable bonds is 6. The van der Waals surface area contributed by atoms with Gasteiger partial charge in [0.25, 0.3) is 0 Å². The lowest BCUT2D eigenvalue weighted by molar-refractivity contribution is 0.322. The minimum atomic E-state index is -3.42. The van der Waals surface area contributed by atoms with Crippen LogP contribution in [0.5, 0.6) is 0 Å². The molecule has 0 atom stereocenters. The van der Waals surface area contributed by atoms with E-state index in [0.717, 1.165) is 0 Å². The second kappa shape index (κ2) is 6.24. The number of sulfonamides is 1. The van der Waals surface area contributed by atoms with Gasteiger partial charge in [-0.25, -0.2) is 13.1 Å². The average molecular weight is 261 g/mol. The summed E-state index contributed by atoms with van der Waals surface area (Å²) < 4.78 is 26.1. The highest BCUT2D eigenvalue weighted by Gasteiger charge is 2.16. The van der Waals surface area contributed by atoms with E-state index in [1.54, 1.807) is 31.2 Å². The summed E-state index contributed by atoms with van der Waals surface area (Å²) in [6, 6.07) is 6.78. The zero-order valence-electron chi connectivity index (χ0n) is 9.01. The highest BCUT2D eigenvalue weighted by atomic mass is 32.2. The first kappa shape index (κ1) is 13.5. The van der Waals surface area contributed by atoms with E-state index in [-0.39, 0.29) is 11.5 Å². The molecule has 0 fully saturated rings. The van der Waals surface area contributed by atoms with Crippen molar-refractivity contribution in [3.8, 4) is 0 Å². The third-order valence-electron chi connectivity index (χ3n) is 1.82. The SMILES string of the molecule is CCNS(=O)(=O)c1ccccc1SCCO. The Morgan fingerprint density at radius 3 is 2.69 bits per heavy atom. The molecule has 6 heteroatoms. The second-order valence-electron chi connectivity index (χ2n) is 3.02. The molecule has 0 radical (unpaired) electrons. The number of nitrogens with one attached hydrogen (secondary N) is 1. The maximum atomic E-state index is 11.8. The van der Waals surface area contributed by atoms with E-state index in [1.165, 1.54) is 11.8 Å². The Labute approximate surface area is 100 Å². The molecule has 0 aliphatic carbocycles. The van der Waals surface area contributed by atoms with Crippen LogP contribution in [0.2, 0.25) is 0 Å². The first-order valence-corrected chi connectivity index (χ1v) is 7.41. The van der Waals surface area contributed by atoms with Crippen LogP contribution >= 0.6 is 11.8 Å². The fraction of sp³-hybridized carbons (Fsp3) is 0.400. The third-order valence-corrected chi connectivity index (χ3v) is 4.61. The summed E-state index contributed by atoms with van der Waals surface area (Å²) in [6.07, 6.45) is 0. The normalized spacial score (nSPS) is 11.6. The lowest BCUT2D eigenvalue weighted by Gasteiger charge is -2.09. The van der Waals surface area contributed by atoms with Crippen LogP contribution in [0, 0.1) is 0 Å². The molecule has 0 saturated carbocycles. The molecule has 0 bridgehead atoms. The van der Waals surface area contributed by atoms with Gasteiger partial charge in [0.15, 0.2) is 0 Å². The minimum absolute atomic E-state index is 0.0280. The summed E-state index contributed by atoms with van der Waals surface area (Å²) in [6.45, 7) is 2.13. The van der Waals surface area contributed by atoms with Crippen LogP contribution in [0.3, 0.4) is 0 Å². The van der Waals surface area contributed by atoms with Gasteiger partial charge < -0.3 is 5.11 Å². The quantitative estimate of drug-likeness (QED) is 0.752. The molecular weight excluding hydrogens is 246 g/mol. The molecule has 0 aliphatic rings. The van der Waals surface area contributed by atoms with E-state index in [9.17, 15) is 8.42 Å². The molecule has 0 aromatic heterocycles. The first-order valence-electron chi connectivity index (χ1n) is 4.94. The zero-order chi connectivity index (χ0) is 12.0.